The van der Waals surface area contributed by atoms with Gasteiger partial charge >= 0.3 is 0 Å². The van der Waals surface area contributed by atoms with Crippen LogP contribution >= 0.6 is 0 Å². The van der Waals surface area contributed by atoms with Gasteiger partial charge in [0.1, 0.15) is 0 Å². The van der Waals surface area contributed by atoms with Crippen LogP contribution in [0.1, 0.15) is 36.5 Å². The predicted molar refractivity (Wildman–Crippen MR) is 79.5 cm³/mol. The molecule has 18 heavy (non-hydrogen) atoms. The Kier molecular flexibility index (Phi) is 6.91. The largest absolute Gasteiger partial charge is 0.313 e. The maximum atomic E-state index is 5.14. The van der Waals surface area contributed by atoms with E-state index in [-0.39, 0.29) is 0 Å². The number of terminal acetylenes is 1. The fourth-order valence-corrected chi connectivity index (χ4v) is 1.98. The molecule has 1 N–H and O–H groups in total. The van der Waals surface area contributed by atoms with Crippen LogP contribution in [0.4, 0.5) is 0 Å². The maximum absolute atomic E-state index is 5.14. The highest BCUT2D eigenvalue weighted by Crippen LogP contribution is 2.12. The molecule has 0 aliphatic heterocycles. The number of hydrogen-bond donors (Lipinski definition) is 1. The number of unbranched alkanes of at least 4 members (excludes halogenated alkanes) is 1. The van der Waals surface area contributed by atoms with E-state index in [2.05, 4.69) is 43.3 Å². The van der Waals surface area contributed by atoms with Gasteiger partial charge in [-0.1, -0.05) is 42.7 Å². The SMILES string of the molecule is C#C/C=C\CCCNCc1cc(C)ccc1CC. The minimum absolute atomic E-state index is 0.962. The van der Waals surface area contributed by atoms with E-state index in [1.54, 1.807) is 6.08 Å². The lowest BCUT2D eigenvalue weighted by molar-refractivity contribution is 0.652. The first-order chi connectivity index (χ1) is 8.77. The first-order valence-corrected chi connectivity index (χ1v) is 6.68. The van der Waals surface area contributed by atoms with Gasteiger partial charge in [-0.25, -0.2) is 0 Å². The van der Waals surface area contributed by atoms with Gasteiger partial charge in [0, 0.05) is 6.54 Å². The first kappa shape index (κ1) is 14.5. The summed E-state index contributed by atoms with van der Waals surface area (Å²) in [5, 5.41) is 3.49. The van der Waals surface area contributed by atoms with Crippen molar-refractivity contribution in [3.63, 3.8) is 0 Å². The normalized spacial score (nSPS) is 10.7. The molecule has 96 valence electrons. The third kappa shape index (κ3) is 5.21. The summed E-state index contributed by atoms with van der Waals surface area (Å²) in [6.45, 7) is 6.35. The molecule has 0 fully saturated rings. The van der Waals surface area contributed by atoms with E-state index >= 15 is 0 Å². The quantitative estimate of drug-likeness (QED) is 0.568. The molecule has 0 bridgehead atoms. The van der Waals surface area contributed by atoms with Gasteiger partial charge < -0.3 is 5.32 Å². The molecule has 1 heteroatoms. The van der Waals surface area contributed by atoms with E-state index in [1.807, 2.05) is 6.08 Å². The Hall–Kier alpha value is -1.52. The van der Waals surface area contributed by atoms with Gasteiger partial charge in [-0.15, -0.1) is 6.42 Å². The van der Waals surface area contributed by atoms with Crippen LogP contribution in [0, 0.1) is 19.3 Å². The molecule has 0 aliphatic rings. The highest BCUT2D eigenvalue weighted by Gasteiger charge is 2.00. The second kappa shape index (κ2) is 8.55. The van der Waals surface area contributed by atoms with Crippen LogP contribution in [0.5, 0.6) is 0 Å². The van der Waals surface area contributed by atoms with Gasteiger partial charge in [-0.3, -0.25) is 0 Å². The summed E-state index contributed by atoms with van der Waals surface area (Å²) in [5.41, 5.74) is 4.21. The minimum atomic E-state index is 0.962. The van der Waals surface area contributed by atoms with Crippen molar-refractivity contribution < 1.29 is 0 Å². The van der Waals surface area contributed by atoms with E-state index in [0.29, 0.717) is 0 Å². The van der Waals surface area contributed by atoms with E-state index in [0.717, 1.165) is 32.4 Å². The number of benzene rings is 1. The summed E-state index contributed by atoms with van der Waals surface area (Å²) in [4.78, 5) is 0. The standard InChI is InChI=1S/C17H23N/c1-4-6-7-8-9-12-18-14-17-13-15(3)10-11-16(17)5-2/h1,6-7,10-11,13,18H,5,8-9,12,14H2,2-3H3/b7-6-. The van der Waals surface area contributed by atoms with E-state index in [1.165, 1.54) is 16.7 Å². The van der Waals surface area contributed by atoms with Gasteiger partial charge in [-0.05, 0) is 49.9 Å². The third-order valence-electron chi connectivity index (χ3n) is 3.00. The highest BCUT2D eigenvalue weighted by atomic mass is 14.8. The summed E-state index contributed by atoms with van der Waals surface area (Å²) in [6.07, 6.45) is 12.2. The Morgan fingerprint density at radius 1 is 1.33 bits per heavy atom. The molecule has 0 amide bonds. The average Bonchev–Trinajstić information content (AvgIpc) is 2.38. The number of allylic oxidation sites excluding steroid dienone is 2. The zero-order chi connectivity index (χ0) is 13.2. The Bertz CT molecular complexity index is 424. The van der Waals surface area contributed by atoms with Gasteiger partial charge in [-0.2, -0.15) is 0 Å². The van der Waals surface area contributed by atoms with Crippen molar-refractivity contribution in [3.8, 4) is 12.3 Å². The summed E-state index contributed by atoms with van der Waals surface area (Å²) >= 11 is 0. The molecular weight excluding hydrogens is 218 g/mol. The molecule has 0 saturated heterocycles. The Morgan fingerprint density at radius 2 is 2.17 bits per heavy atom. The fourth-order valence-electron chi connectivity index (χ4n) is 1.98. The van der Waals surface area contributed by atoms with Crippen LogP contribution in [-0.2, 0) is 13.0 Å². The van der Waals surface area contributed by atoms with Gasteiger partial charge in [0.05, 0.1) is 0 Å². The van der Waals surface area contributed by atoms with Crippen molar-refractivity contribution in [2.45, 2.75) is 39.7 Å². The lowest BCUT2D eigenvalue weighted by Gasteiger charge is -2.10. The number of nitrogens with one attached hydrogen (secondary N) is 1. The summed E-state index contributed by atoms with van der Waals surface area (Å²) in [6, 6.07) is 6.71. The molecule has 0 heterocycles. The second-order valence-corrected chi connectivity index (χ2v) is 4.51. The van der Waals surface area contributed by atoms with Crippen molar-refractivity contribution in [3.05, 3.63) is 47.0 Å². The maximum Gasteiger partial charge on any atom is 0.0208 e. The van der Waals surface area contributed by atoms with Crippen LogP contribution in [0.2, 0.25) is 0 Å². The van der Waals surface area contributed by atoms with Crippen molar-refractivity contribution in [1.29, 1.82) is 0 Å². The molecule has 0 spiro atoms. The number of rotatable bonds is 7. The van der Waals surface area contributed by atoms with Crippen LogP contribution < -0.4 is 5.32 Å². The highest BCUT2D eigenvalue weighted by molar-refractivity contribution is 5.31. The first-order valence-electron chi connectivity index (χ1n) is 6.68. The molecule has 0 saturated carbocycles. The Labute approximate surface area is 111 Å². The second-order valence-electron chi connectivity index (χ2n) is 4.51. The van der Waals surface area contributed by atoms with Crippen molar-refractivity contribution in [1.82, 2.24) is 5.32 Å². The number of hydrogen-bond acceptors (Lipinski definition) is 1. The molecule has 0 aromatic heterocycles. The monoisotopic (exact) mass is 241 g/mol. The summed E-state index contributed by atoms with van der Waals surface area (Å²) < 4.78 is 0. The topological polar surface area (TPSA) is 12.0 Å². The lowest BCUT2D eigenvalue weighted by Crippen LogP contribution is -2.15. The third-order valence-corrected chi connectivity index (χ3v) is 3.00. The van der Waals surface area contributed by atoms with Gasteiger partial charge in [0.2, 0.25) is 0 Å². The van der Waals surface area contributed by atoms with Crippen molar-refractivity contribution >= 4 is 0 Å². The van der Waals surface area contributed by atoms with E-state index in [4.69, 9.17) is 6.42 Å². The van der Waals surface area contributed by atoms with Crippen molar-refractivity contribution in [2.24, 2.45) is 0 Å². The van der Waals surface area contributed by atoms with E-state index < -0.39 is 0 Å². The van der Waals surface area contributed by atoms with Crippen LogP contribution in [0.25, 0.3) is 0 Å². The molecule has 0 aliphatic carbocycles. The van der Waals surface area contributed by atoms with Crippen LogP contribution in [0.3, 0.4) is 0 Å². The van der Waals surface area contributed by atoms with Crippen LogP contribution in [-0.4, -0.2) is 6.54 Å². The Morgan fingerprint density at radius 3 is 2.89 bits per heavy atom. The van der Waals surface area contributed by atoms with Crippen molar-refractivity contribution in [2.75, 3.05) is 6.54 Å². The molecular formula is C17H23N. The lowest BCUT2D eigenvalue weighted by atomic mass is 10.0. The van der Waals surface area contributed by atoms with Gasteiger partial charge in [0.15, 0.2) is 0 Å². The molecule has 0 unspecified atom stereocenters. The number of aryl methyl sites for hydroxylation is 2. The average molecular weight is 241 g/mol. The molecule has 1 nitrogen and oxygen atoms in total. The minimum Gasteiger partial charge on any atom is -0.313 e. The molecule has 0 atom stereocenters. The van der Waals surface area contributed by atoms with Crippen LogP contribution in [0.15, 0.2) is 30.4 Å². The summed E-state index contributed by atoms with van der Waals surface area (Å²) in [7, 11) is 0. The molecule has 1 rings (SSSR count). The fraction of sp³-hybridized carbons (Fsp3) is 0.412. The molecule has 1 aromatic carbocycles. The molecule has 0 radical (unpaired) electrons. The molecule has 1 aromatic rings. The summed E-state index contributed by atoms with van der Waals surface area (Å²) in [5.74, 6) is 2.50. The smallest absolute Gasteiger partial charge is 0.0208 e. The zero-order valence-electron chi connectivity index (χ0n) is 11.5. The predicted octanol–water partition coefficient (Wildman–Crippen LogP) is 3.62. The van der Waals surface area contributed by atoms with Gasteiger partial charge in [0.25, 0.3) is 0 Å². The van der Waals surface area contributed by atoms with E-state index in [9.17, 15) is 0 Å². The zero-order valence-corrected chi connectivity index (χ0v) is 11.5. The Balaban J connectivity index is 2.33.